The Morgan fingerprint density at radius 1 is 1.06 bits per heavy atom. The Balaban J connectivity index is 1.69. The first-order chi connectivity index (χ1) is 15.8. The molecule has 1 amide bonds. The number of carbonyl (C=O) groups excluding carboxylic acids is 2. The summed E-state index contributed by atoms with van der Waals surface area (Å²) in [6, 6.07) is 10.1. The second kappa shape index (κ2) is 7.81. The minimum atomic E-state index is -1.16. The summed E-state index contributed by atoms with van der Waals surface area (Å²) in [6.45, 7) is 1.93. The standard InChI is InChI=1S/C25H18F2N2O4/c1-13-10-16-11-15(2-5-20(16)33-13)23(30)21-22(14-6-8-28-9-7-14)29(25(32)24(21)31)17-3-4-18(26)19(27)12-17/h2-9,11-13,22,30H,10H2,1H3/b23-21-. The minimum Gasteiger partial charge on any atom is -0.507 e. The fourth-order valence-electron chi connectivity index (χ4n) is 4.32. The van der Waals surface area contributed by atoms with E-state index in [4.69, 9.17) is 4.74 Å². The molecule has 0 spiro atoms. The average molecular weight is 448 g/mol. The Kier molecular flexibility index (Phi) is 4.92. The predicted molar refractivity (Wildman–Crippen MR) is 116 cm³/mol. The van der Waals surface area contributed by atoms with Crippen molar-refractivity contribution in [3.63, 3.8) is 0 Å². The van der Waals surface area contributed by atoms with Crippen molar-refractivity contribution in [1.29, 1.82) is 0 Å². The molecule has 33 heavy (non-hydrogen) atoms. The molecule has 2 aromatic carbocycles. The summed E-state index contributed by atoms with van der Waals surface area (Å²) >= 11 is 0. The van der Waals surface area contributed by atoms with Gasteiger partial charge >= 0.3 is 0 Å². The van der Waals surface area contributed by atoms with Crippen molar-refractivity contribution in [3.8, 4) is 5.75 Å². The van der Waals surface area contributed by atoms with Crippen molar-refractivity contribution < 1.29 is 28.2 Å². The number of fused-ring (bicyclic) bond motifs is 1. The van der Waals surface area contributed by atoms with E-state index in [-0.39, 0.29) is 23.1 Å². The first kappa shape index (κ1) is 20.8. The number of aliphatic hydroxyl groups is 1. The predicted octanol–water partition coefficient (Wildman–Crippen LogP) is 4.31. The third kappa shape index (κ3) is 3.44. The van der Waals surface area contributed by atoms with E-state index in [1.54, 1.807) is 30.3 Å². The zero-order valence-electron chi connectivity index (χ0n) is 17.5. The molecule has 0 aliphatic carbocycles. The molecule has 8 heteroatoms. The SMILES string of the molecule is CC1Cc2cc(/C(O)=C3/C(=O)C(=O)N(c4ccc(F)c(F)c4)C3c3ccncc3)ccc2O1. The van der Waals surface area contributed by atoms with E-state index < -0.39 is 29.4 Å². The van der Waals surface area contributed by atoms with E-state index in [0.717, 1.165) is 22.6 Å². The summed E-state index contributed by atoms with van der Waals surface area (Å²) in [6.07, 6.45) is 3.60. The molecule has 0 saturated carbocycles. The van der Waals surface area contributed by atoms with Gasteiger partial charge in [0.15, 0.2) is 11.6 Å². The van der Waals surface area contributed by atoms with Gasteiger partial charge < -0.3 is 9.84 Å². The van der Waals surface area contributed by atoms with E-state index in [2.05, 4.69) is 4.98 Å². The number of aliphatic hydroxyl groups excluding tert-OH is 1. The van der Waals surface area contributed by atoms with Gasteiger partial charge in [-0.25, -0.2) is 8.78 Å². The summed E-state index contributed by atoms with van der Waals surface area (Å²) in [5.41, 5.74) is 1.56. The number of rotatable bonds is 3. The van der Waals surface area contributed by atoms with Crippen molar-refractivity contribution in [2.24, 2.45) is 0 Å². The molecule has 2 aliphatic rings. The lowest BCUT2D eigenvalue weighted by molar-refractivity contribution is -0.132. The molecule has 1 fully saturated rings. The van der Waals surface area contributed by atoms with E-state index in [0.29, 0.717) is 23.3 Å². The molecule has 2 aliphatic heterocycles. The second-order valence-corrected chi connectivity index (χ2v) is 8.00. The van der Waals surface area contributed by atoms with Gasteiger partial charge in [-0.1, -0.05) is 0 Å². The van der Waals surface area contributed by atoms with Crippen LogP contribution < -0.4 is 9.64 Å². The number of ketones is 1. The second-order valence-electron chi connectivity index (χ2n) is 8.00. The summed E-state index contributed by atoms with van der Waals surface area (Å²) in [4.78, 5) is 31.2. The number of nitrogens with zero attached hydrogens (tertiary/aromatic N) is 2. The van der Waals surface area contributed by atoms with Crippen molar-refractivity contribution in [2.45, 2.75) is 25.5 Å². The first-order valence-corrected chi connectivity index (χ1v) is 10.3. The molecular formula is C25H18F2N2O4. The summed E-state index contributed by atoms with van der Waals surface area (Å²) in [5, 5.41) is 11.2. The largest absolute Gasteiger partial charge is 0.507 e. The number of Topliss-reactive ketones (excluding diaryl/α,β-unsaturated/α-hetero) is 1. The third-order valence-electron chi connectivity index (χ3n) is 5.82. The Labute approximate surface area is 187 Å². The van der Waals surface area contributed by atoms with Gasteiger partial charge in [0.25, 0.3) is 11.7 Å². The monoisotopic (exact) mass is 448 g/mol. The van der Waals surface area contributed by atoms with Gasteiger partial charge in [0, 0.05) is 36.1 Å². The lowest BCUT2D eigenvalue weighted by atomic mass is 9.95. The van der Waals surface area contributed by atoms with Crippen molar-refractivity contribution in [2.75, 3.05) is 4.90 Å². The van der Waals surface area contributed by atoms with E-state index in [1.165, 1.54) is 18.5 Å². The van der Waals surface area contributed by atoms with Crippen LogP contribution in [-0.4, -0.2) is 27.9 Å². The highest BCUT2D eigenvalue weighted by Gasteiger charge is 2.47. The average Bonchev–Trinajstić information content (AvgIpc) is 3.31. The Bertz CT molecular complexity index is 1320. The molecule has 2 unspecified atom stereocenters. The number of pyridine rings is 1. The maximum Gasteiger partial charge on any atom is 0.300 e. The Morgan fingerprint density at radius 2 is 1.82 bits per heavy atom. The van der Waals surface area contributed by atoms with Gasteiger partial charge in [0.1, 0.15) is 17.6 Å². The molecular weight excluding hydrogens is 430 g/mol. The van der Waals surface area contributed by atoms with E-state index >= 15 is 0 Å². The molecule has 6 nitrogen and oxygen atoms in total. The Morgan fingerprint density at radius 3 is 2.55 bits per heavy atom. The van der Waals surface area contributed by atoms with Crippen LogP contribution in [0.4, 0.5) is 14.5 Å². The Hall–Kier alpha value is -4.07. The maximum absolute atomic E-state index is 14.0. The molecule has 2 atom stereocenters. The van der Waals surface area contributed by atoms with Crippen molar-refractivity contribution >= 4 is 23.1 Å². The zero-order chi connectivity index (χ0) is 23.3. The van der Waals surface area contributed by atoms with E-state index in [9.17, 15) is 23.5 Å². The van der Waals surface area contributed by atoms with Gasteiger partial charge in [0.05, 0.1) is 11.6 Å². The van der Waals surface area contributed by atoms with Crippen LogP contribution in [0.25, 0.3) is 5.76 Å². The first-order valence-electron chi connectivity index (χ1n) is 10.3. The van der Waals surface area contributed by atoms with Crippen LogP contribution in [0.2, 0.25) is 0 Å². The van der Waals surface area contributed by atoms with Crippen molar-refractivity contribution in [3.05, 3.63) is 94.8 Å². The van der Waals surface area contributed by atoms with Crippen LogP contribution in [0, 0.1) is 11.6 Å². The van der Waals surface area contributed by atoms with Crippen LogP contribution >= 0.6 is 0 Å². The number of hydrogen-bond acceptors (Lipinski definition) is 5. The molecule has 0 bridgehead atoms. The number of benzene rings is 2. The molecule has 0 radical (unpaired) electrons. The highest BCUT2D eigenvalue weighted by Crippen LogP contribution is 2.43. The van der Waals surface area contributed by atoms with Crippen molar-refractivity contribution in [1.82, 2.24) is 4.98 Å². The zero-order valence-corrected chi connectivity index (χ0v) is 17.5. The van der Waals surface area contributed by atoms with Gasteiger partial charge in [0.2, 0.25) is 0 Å². The molecule has 1 saturated heterocycles. The van der Waals surface area contributed by atoms with Gasteiger partial charge in [-0.3, -0.25) is 19.5 Å². The van der Waals surface area contributed by atoms with Crippen LogP contribution in [-0.2, 0) is 16.0 Å². The molecule has 166 valence electrons. The number of hydrogen-bond donors (Lipinski definition) is 1. The molecule has 1 N–H and O–H groups in total. The fraction of sp³-hybridized carbons (Fsp3) is 0.160. The van der Waals surface area contributed by atoms with Crippen LogP contribution in [0.1, 0.15) is 29.7 Å². The fourth-order valence-corrected chi connectivity index (χ4v) is 4.32. The molecule has 3 heterocycles. The number of ether oxygens (including phenoxy) is 1. The highest BCUT2D eigenvalue weighted by molar-refractivity contribution is 6.51. The molecule has 5 rings (SSSR count). The summed E-state index contributed by atoms with van der Waals surface area (Å²) in [5.74, 6) is -3.78. The van der Waals surface area contributed by atoms with Crippen LogP contribution in [0.5, 0.6) is 5.75 Å². The lowest BCUT2D eigenvalue weighted by Gasteiger charge is -2.25. The lowest BCUT2D eigenvalue weighted by Crippen LogP contribution is -2.29. The van der Waals surface area contributed by atoms with Crippen LogP contribution in [0.3, 0.4) is 0 Å². The number of anilines is 1. The number of amides is 1. The quantitative estimate of drug-likeness (QED) is 0.367. The number of aromatic nitrogens is 1. The molecule has 3 aromatic rings. The molecule has 1 aromatic heterocycles. The van der Waals surface area contributed by atoms with Gasteiger partial charge in [-0.2, -0.15) is 0 Å². The van der Waals surface area contributed by atoms with Gasteiger partial charge in [-0.05, 0) is 60.5 Å². The third-order valence-corrected chi connectivity index (χ3v) is 5.82. The highest BCUT2D eigenvalue weighted by atomic mass is 19.2. The summed E-state index contributed by atoms with van der Waals surface area (Å²) < 4.78 is 33.2. The smallest absolute Gasteiger partial charge is 0.300 e. The van der Waals surface area contributed by atoms with Crippen LogP contribution in [0.15, 0.2) is 66.5 Å². The number of halogens is 2. The minimum absolute atomic E-state index is 0.00633. The summed E-state index contributed by atoms with van der Waals surface area (Å²) in [7, 11) is 0. The maximum atomic E-state index is 14.0. The normalized spacial score (nSPS) is 21.2. The van der Waals surface area contributed by atoms with E-state index in [1.807, 2.05) is 6.92 Å². The van der Waals surface area contributed by atoms with Gasteiger partial charge in [-0.15, -0.1) is 0 Å². The topological polar surface area (TPSA) is 79.7 Å². The number of carbonyl (C=O) groups is 2.